The summed E-state index contributed by atoms with van der Waals surface area (Å²) in [5.74, 6) is 0. The van der Waals surface area contributed by atoms with Crippen molar-refractivity contribution in [1.82, 2.24) is 4.57 Å². The van der Waals surface area contributed by atoms with Gasteiger partial charge in [0.2, 0.25) is 0 Å². The molecule has 0 saturated carbocycles. The van der Waals surface area contributed by atoms with Crippen LogP contribution in [0, 0.1) is 5.41 Å². The van der Waals surface area contributed by atoms with Gasteiger partial charge in [-0.1, -0.05) is 43.7 Å². The SMILES string of the molecule is CCCc1sc(=N)n(C)c1-c1ccccc1. The molecule has 0 aliphatic heterocycles. The molecule has 1 N–H and O–H groups in total. The Bertz CT molecular complexity index is 523. The maximum atomic E-state index is 7.89. The van der Waals surface area contributed by atoms with Crippen LogP contribution in [0.2, 0.25) is 0 Å². The highest BCUT2D eigenvalue weighted by atomic mass is 32.1. The fourth-order valence-corrected chi connectivity index (χ4v) is 2.99. The van der Waals surface area contributed by atoms with Crippen molar-refractivity contribution in [1.29, 1.82) is 5.41 Å². The average molecular weight is 232 g/mol. The molecule has 0 bridgehead atoms. The van der Waals surface area contributed by atoms with Gasteiger partial charge in [0.05, 0.1) is 5.69 Å². The van der Waals surface area contributed by atoms with E-state index in [-0.39, 0.29) is 0 Å². The second kappa shape index (κ2) is 4.66. The highest BCUT2D eigenvalue weighted by Gasteiger charge is 2.11. The van der Waals surface area contributed by atoms with E-state index < -0.39 is 0 Å². The number of thiazole rings is 1. The third-order valence-corrected chi connectivity index (χ3v) is 3.76. The fourth-order valence-electron chi connectivity index (χ4n) is 1.87. The average Bonchev–Trinajstić information content (AvgIpc) is 2.57. The molecule has 2 nitrogen and oxygen atoms in total. The maximum absolute atomic E-state index is 7.89. The van der Waals surface area contributed by atoms with Crippen molar-refractivity contribution < 1.29 is 0 Å². The Hall–Kier alpha value is -1.35. The lowest BCUT2D eigenvalue weighted by atomic mass is 10.1. The largest absolute Gasteiger partial charge is 0.320 e. The molecule has 0 aliphatic rings. The molecule has 16 heavy (non-hydrogen) atoms. The number of nitrogens with one attached hydrogen (secondary N) is 1. The van der Waals surface area contributed by atoms with Crippen LogP contribution in [0.1, 0.15) is 18.2 Å². The summed E-state index contributed by atoms with van der Waals surface area (Å²) in [6.07, 6.45) is 2.18. The van der Waals surface area contributed by atoms with Crippen LogP contribution in [0.4, 0.5) is 0 Å². The van der Waals surface area contributed by atoms with Crippen molar-refractivity contribution >= 4 is 11.3 Å². The number of hydrogen-bond donors (Lipinski definition) is 1. The molecule has 0 amide bonds. The first kappa shape index (κ1) is 11.1. The highest BCUT2D eigenvalue weighted by molar-refractivity contribution is 7.09. The van der Waals surface area contributed by atoms with Crippen molar-refractivity contribution in [2.24, 2.45) is 7.05 Å². The first-order valence-corrected chi connectivity index (χ1v) is 6.34. The molecule has 0 fully saturated rings. The van der Waals surface area contributed by atoms with Crippen LogP contribution in [0.15, 0.2) is 30.3 Å². The minimum absolute atomic E-state index is 0.627. The lowest BCUT2D eigenvalue weighted by molar-refractivity contribution is 0.852. The third kappa shape index (κ3) is 1.95. The Kier molecular flexibility index (Phi) is 3.25. The van der Waals surface area contributed by atoms with Crippen molar-refractivity contribution in [3.63, 3.8) is 0 Å². The summed E-state index contributed by atoms with van der Waals surface area (Å²) in [7, 11) is 1.97. The van der Waals surface area contributed by atoms with Gasteiger partial charge in [0.15, 0.2) is 4.80 Å². The van der Waals surface area contributed by atoms with Gasteiger partial charge in [0.1, 0.15) is 0 Å². The summed E-state index contributed by atoms with van der Waals surface area (Å²) in [6, 6.07) is 10.3. The van der Waals surface area contributed by atoms with Gasteiger partial charge in [0.25, 0.3) is 0 Å². The van der Waals surface area contributed by atoms with Crippen LogP contribution in [0.25, 0.3) is 11.3 Å². The van der Waals surface area contributed by atoms with Crippen molar-refractivity contribution in [2.75, 3.05) is 0 Å². The summed E-state index contributed by atoms with van der Waals surface area (Å²) in [4.78, 5) is 1.95. The van der Waals surface area contributed by atoms with Gasteiger partial charge in [-0.2, -0.15) is 0 Å². The molecule has 0 aliphatic carbocycles. The molecule has 0 saturated heterocycles. The molecule has 0 spiro atoms. The van der Waals surface area contributed by atoms with Gasteiger partial charge in [-0.3, -0.25) is 5.41 Å². The molecule has 2 aromatic rings. The van der Waals surface area contributed by atoms with E-state index in [1.54, 1.807) is 11.3 Å². The Labute approximate surface area is 99.7 Å². The zero-order valence-corrected chi connectivity index (χ0v) is 10.5. The molecular formula is C13H16N2S. The predicted octanol–water partition coefficient (Wildman–Crippen LogP) is 3.19. The Morgan fingerprint density at radius 1 is 1.25 bits per heavy atom. The van der Waals surface area contributed by atoms with E-state index in [1.807, 2.05) is 29.8 Å². The summed E-state index contributed by atoms with van der Waals surface area (Å²) in [5, 5.41) is 7.89. The van der Waals surface area contributed by atoms with Crippen LogP contribution >= 0.6 is 11.3 Å². The molecular weight excluding hydrogens is 216 g/mol. The van der Waals surface area contributed by atoms with Crippen LogP contribution < -0.4 is 4.80 Å². The normalized spacial score (nSPS) is 10.6. The monoisotopic (exact) mass is 232 g/mol. The first-order chi connectivity index (χ1) is 7.74. The van der Waals surface area contributed by atoms with Gasteiger partial charge < -0.3 is 4.57 Å². The van der Waals surface area contributed by atoms with Gasteiger partial charge in [-0.05, 0) is 12.0 Å². The summed E-state index contributed by atoms with van der Waals surface area (Å²) < 4.78 is 1.98. The van der Waals surface area contributed by atoms with Gasteiger partial charge in [-0.25, -0.2) is 0 Å². The summed E-state index contributed by atoms with van der Waals surface area (Å²) in [5.41, 5.74) is 2.42. The highest BCUT2D eigenvalue weighted by Crippen LogP contribution is 2.25. The van der Waals surface area contributed by atoms with E-state index in [2.05, 4.69) is 19.1 Å². The molecule has 0 unspecified atom stereocenters. The number of benzene rings is 1. The number of hydrogen-bond acceptors (Lipinski definition) is 2. The second-order valence-electron chi connectivity index (χ2n) is 3.85. The van der Waals surface area contributed by atoms with E-state index in [1.165, 1.54) is 16.1 Å². The number of rotatable bonds is 3. The zero-order valence-electron chi connectivity index (χ0n) is 9.66. The maximum Gasteiger partial charge on any atom is 0.182 e. The van der Waals surface area contributed by atoms with Crippen LogP contribution in [0.5, 0.6) is 0 Å². The quantitative estimate of drug-likeness (QED) is 0.842. The van der Waals surface area contributed by atoms with Gasteiger partial charge >= 0.3 is 0 Å². The number of nitrogens with zero attached hydrogens (tertiary/aromatic N) is 1. The predicted molar refractivity (Wildman–Crippen MR) is 68.6 cm³/mol. The third-order valence-electron chi connectivity index (χ3n) is 2.65. The molecule has 84 valence electrons. The summed E-state index contributed by atoms with van der Waals surface area (Å²) >= 11 is 1.59. The molecule has 0 atom stereocenters. The molecule has 1 aromatic heterocycles. The minimum Gasteiger partial charge on any atom is -0.320 e. The summed E-state index contributed by atoms with van der Waals surface area (Å²) in [6.45, 7) is 2.18. The van der Waals surface area contributed by atoms with E-state index >= 15 is 0 Å². The number of aromatic nitrogens is 1. The van der Waals surface area contributed by atoms with Crippen molar-refractivity contribution in [2.45, 2.75) is 19.8 Å². The lowest BCUT2D eigenvalue weighted by Crippen LogP contribution is -2.08. The van der Waals surface area contributed by atoms with Gasteiger partial charge in [-0.15, -0.1) is 11.3 Å². The van der Waals surface area contributed by atoms with E-state index in [0.717, 1.165) is 12.8 Å². The van der Waals surface area contributed by atoms with Crippen molar-refractivity contribution in [3.8, 4) is 11.3 Å². The second-order valence-corrected chi connectivity index (χ2v) is 4.94. The van der Waals surface area contributed by atoms with E-state index in [4.69, 9.17) is 5.41 Å². The molecule has 2 rings (SSSR count). The van der Waals surface area contributed by atoms with Crippen LogP contribution in [-0.2, 0) is 13.5 Å². The smallest absolute Gasteiger partial charge is 0.182 e. The Morgan fingerprint density at radius 2 is 1.94 bits per heavy atom. The first-order valence-electron chi connectivity index (χ1n) is 5.52. The van der Waals surface area contributed by atoms with Crippen LogP contribution in [-0.4, -0.2) is 4.57 Å². The van der Waals surface area contributed by atoms with Crippen molar-refractivity contribution in [3.05, 3.63) is 40.0 Å². The Balaban J connectivity index is 2.59. The topological polar surface area (TPSA) is 28.8 Å². The number of aryl methyl sites for hydroxylation is 1. The van der Waals surface area contributed by atoms with Crippen LogP contribution in [0.3, 0.4) is 0 Å². The minimum atomic E-state index is 0.627. The lowest BCUT2D eigenvalue weighted by Gasteiger charge is -2.05. The molecule has 3 heteroatoms. The van der Waals surface area contributed by atoms with Gasteiger partial charge in [0, 0.05) is 11.9 Å². The standard InChI is InChI=1S/C13H16N2S/c1-3-7-11-12(15(2)13(14)16-11)10-8-5-4-6-9-10/h4-6,8-9,14H,3,7H2,1-2H3. The van der Waals surface area contributed by atoms with E-state index in [9.17, 15) is 0 Å². The molecule has 1 heterocycles. The molecule has 1 aromatic carbocycles. The fraction of sp³-hybridized carbons (Fsp3) is 0.308. The molecule has 0 radical (unpaired) electrons. The van der Waals surface area contributed by atoms with E-state index in [0.29, 0.717) is 4.80 Å². The Morgan fingerprint density at radius 3 is 2.56 bits per heavy atom. The zero-order chi connectivity index (χ0) is 11.5.